The first-order chi connectivity index (χ1) is 15.4. The second-order valence-corrected chi connectivity index (χ2v) is 7.79. The van der Waals surface area contributed by atoms with Crippen LogP contribution < -0.4 is 10.1 Å². The molecule has 0 unspecified atom stereocenters. The number of imide groups is 1. The van der Waals surface area contributed by atoms with Crippen molar-refractivity contribution in [2.75, 3.05) is 19.5 Å². The molecule has 1 heterocycles. The third kappa shape index (κ3) is 5.86. The summed E-state index contributed by atoms with van der Waals surface area (Å²) >= 11 is 7.26. The molecule has 11 heteroatoms. The standard InChI is InChI=1S/C21H19ClN4O5S/c1-13-7-8-14(9-16(13)22)26-12-23-25-21(26)32-11-19(28)31-10-18(27)24-20(29)15-5-3-4-6-17(15)30-2/h3-9,12H,10-11H2,1-2H3,(H,24,27,29). The van der Waals surface area contributed by atoms with Crippen LogP contribution in [-0.2, 0) is 14.3 Å². The van der Waals surface area contributed by atoms with Gasteiger partial charge in [-0.1, -0.05) is 41.6 Å². The Balaban J connectivity index is 1.50. The SMILES string of the molecule is COc1ccccc1C(=O)NC(=O)COC(=O)CSc1nncn1-c1ccc(C)c(Cl)c1. The van der Waals surface area contributed by atoms with Gasteiger partial charge < -0.3 is 9.47 Å². The van der Waals surface area contributed by atoms with Gasteiger partial charge in [0.25, 0.3) is 11.8 Å². The van der Waals surface area contributed by atoms with Gasteiger partial charge in [0, 0.05) is 5.02 Å². The molecule has 1 aromatic heterocycles. The van der Waals surface area contributed by atoms with Crippen LogP contribution in [0, 0.1) is 6.92 Å². The predicted molar refractivity (Wildman–Crippen MR) is 118 cm³/mol. The van der Waals surface area contributed by atoms with Crippen molar-refractivity contribution >= 4 is 41.1 Å². The quantitative estimate of drug-likeness (QED) is 0.391. The van der Waals surface area contributed by atoms with Crippen LogP contribution in [0.5, 0.6) is 5.75 Å². The van der Waals surface area contributed by atoms with Crippen LogP contribution >= 0.6 is 23.4 Å². The molecule has 3 rings (SSSR count). The second-order valence-electron chi connectivity index (χ2n) is 6.44. The molecule has 0 bridgehead atoms. The van der Waals surface area contributed by atoms with Crippen LogP contribution in [0.2, 0.25) is 5.02 Å². The Kier molecular flexibility index (Phi) is 7.85. The zero-order chi connectivity index (χ0) is 23.1. The number of nitrogens with zero attached hydrogens (tertiary/aromatic N) is 3. The van der Waals surface area contributed by atoms with E-state index in [4.69, 9.17) is 21.1 Å². The number of benzene rings is 2. The van der Waals surface area contributed by atoms with E-state index in [9.17, 15) is 14.4 Å². The summed E-state index contributed by atoms with van der Waals surface area (Å²) in [5.41, 5.74) is 1.88. The number of carbonyl (C=O) groups is 3. The molecular weight excluding hydrogens is 456 g/mol. The number of aromatic nitrogens is 3. The van der Waals surface area contributed by atoms with E-state index in [1.54, 1.807) is 28.8 Å². The van der Waals surface area contributed by atoms with E-state index in [1.165, 1.54) is 19.5 Å². The zero-order valence-corrected chi connectivity index (χ0v) is 18.8. The van der Waals surface area contributed by atoms with Gasteiger partial charge in [-0.15, -0.1) is 10.2 Å². The Morgan fingerprint density at radius 2 is 1.97 bits per heavy atom. The van der Waals surface area contributed by atoms with Gasteiger partial charge in [-0.25, -0.2) is 0 Å². The molecule has 9 nitrogen and oxygen atoms in total. The summed E-state index contributed by atoms with van der Waals surface area (Å²) in [5, 5.41) is 11.1. The third-order valence-corrected chi connectivity index (χ3v) is 5.56. The van der Waals surface area contributed by atoms with Gasteiger partial charge in [0.2, 0.25) is 0 Å². The molecule has 32 heavy (non-hydrogen) atoms. The van der Waals surface area contributed by atoms with Crippen molar-refractivity contribution in [3.8, 4) is 11.4 Å². The lowest BCUT2D eigenvalue weighted by Crippen LogP contribution is -2.34. The Morgan fingerprint density at radius 3 is 2.72 bits per heavy atom. The van der Waals surface area contributed by atoms with Crippen molar-refractivity contribution in [3.63, 3.8) is 0 Å². The number of nitrogens with one attached hydrogen (secondary N) is 1. The van der Waals surface area contributed by atoms with E-state index in [2.05, 4.69) is 15.5 Å². The largest absolute Gasteiger partial charge is 0.496 e. The molecule has 0 atom stereocenters. The van der Waals surface area contributed by atoms with Crippen molar-refractivity contribution < 1.29 is 23.9 Å². The molecule has 2 amide bonds. The van der Waals surface area contributed by atoms with Crippen LogP contribution in [0.25, 0.3) is 5.69 Å². The number of aryl methyl sites for hydroxylation is 1. The Hall–Kier alpha value is -3.37. The molecule has 0 spiro atoms. The summed E-state index contributed by atoms with van der Waals surface area (Å²) in [6.07, 6.45) is 1.51. The van der Waals surface area contributed by atoms with E-state index in [-0.39, 0.29) is 11.3 Å². The second kappa shape index (κ2) is 10.8. The molecular formula is C21H19ClN4O5S. The highest BCUT2D eigenvalue weighted by Gasteiger charge is 2.17. The van der Waals surface area contributed by atoms with Gasteiger partial charge in [-0.2, -0.15) is 0 Å². The Morgan fingerprint density at radius 1 is 1.19 bits per heavy atom. The summed E-state index contributed by atoms with van der Waals surface area (Å²) in [6.45, 7) is 1.30. The third-order valence-electron chi connectivity index (χ3n) is 4.24. The molecule has 2 aromatic carbocycles. The summed E-state index contributed by atoms with van der Waals surface area (Å²) in [5.74, 6) is -1.83. The maximum atomic E-state index is 12.2. The molecule has 3 aromatic rings. The highest BCUT2D eigenvalue weighted by atomic mass is 35.5. The van der Waals surface area contributed by atoms with Crippen molar-refractivity contribution in [2.24, 2.45) is 0 Å². The van der Waals surface area contributed by atoms with Gasteiger partial charge in [-0.05, 0) is 36.8 Å². The number of amides is 2. The van der Waals surface area contributed by atoms with Gasteiger partial charge in [0.15, 0.2) is 11.8 Å². The molecule has 0 saturated carbocycles. The van der Waals surface area contributed by atoms with Crippen LogP contribution in [0.4, 0.5) is 0 Å². The topological polar surface area (TPSA) is 112 Å². The molecule has 0 aliphatic carbocycles. The lowest BCUT2D eigenvalue weighted by atomic mass is 10.2. The van der Waals surface area contributed by atoms with Gasteiger partial charge in [0.05, 0.1) is 24.1 Å². The number of thioether (sulfide) groups is 1. The molecule has 0 saturated heterocycles. The van der Waals surface area contributed by atoms with E-state index in [1.807, 2.05) is 19.1 Å². The maximum Gasteiger partial charge on any atom is 0.316 e. The lowest BCUT2D eigenvalue weighted by molar-refractivity contribution is -0.145. The van der Waals surface area contributed by atoms with E-state index >= 15 is 0 Å². The molecule has 0 radical (unpaired) electrons. The minimum Gasteiger partial charge on any atom is -0.496 e. The highest BCUT2D eigenvalue weighted by molar-refractivity contribution is 7.99. The fourth-order valence-electron chi connectivity index (χ4n) is 2.61. The number of halogens is 1. The van der Waals surface area contributed by atoms with Crippen molar-refractivity contribution in [1.29, 1.82) is 0 Å². The number of para-hydroxylation sites is 1. The Labute approximate surface area is 193 Å². The first-order valence-corrected chi connectivity index (χ1v) is 10.7. The first kappa shape index (κ1) is 23.3. The number of hydrogen-bond acceptors (Lipinski definition) is 8. The van der Waals surface area contributed by atoms with E-state index in [0.29, 0.717) is 15.9 Å². The average molecular weight is 475 g/mol. The number of rotatable bonds is 8. The van der Waals surface area contributed by atoms with Crippen LogP contribution in [0.3, 0.4) is 0 Å². The van der Waals surface area contributed by atoms with Gasteiger partial charge in [-0.3, -0.25) is 24.3 Å². The van der Waals surface area contributed by atoms with Gasteiger partial charge >= 0.3 is 5.97 Å². The summed E-state index contributed by atoms with van der Waals surface area (Å²) in [7, 11) is 1.42. The number of esters is 1. The number of methoxy groups -OCH3 is 1. The molecule has 0 aliphatic rings. The normalized spacial score (nSPS) is 10.5. The van der Waals surface area contributed by atoms with Gasteiger partial charge in [0.1, 0.15) is 12.1 Å². The summed E-state index contributed by atoms with van der Waals surface area (Å²) < 4.78 is 11.7. The van der Waals surface area contributed by atoms with E-state index < -0.39 is 24.4 Å². The predicted octanol–water partition coefficient (Wildman–Crippen LogP) is 2.83. The fraction of sp³-hybridized carbons (Fsp3) is 0.190. The monoisotopic (exact) mass is 474 g/mol. The molecule has 0 fully saturated rings. The minimum atomic E-state index is -0.753. The number of carbonyl (C=O) groups excluding carboxylic acids is 3. The van der Waals surface area contributed by atoms with Crippen LogP contribution in [0.15, 0.2) is 53.9 Å². The number of ether oxygens (including phenoxy) is 2. The van der Waals surface area contributed by atoms with Crippen molar-refractivity contribution in [2.45, 2.75) is 12.1 Å². The average Bonchev–Trinajstić information content (AvgIpc) is 3.26. The van der Waals surface area contributed by atoms with Crippen molar-refractivity contribution in [1.82, 2.24) is 20.1 Å². The molecule has 166 valence electrons. The summed E-state index contributed by atoms with van der Waals surface area (Å²) in [4.78, 5) is 36.2. The highest BCUT2D eigenvalue weighted by Crippen LogP contribution is 2.24. The van der Waals surface area contributed by atoms with Crippen molar-refractivity contribution in [3.05, 3.63) is 64.9 Å². The smallest absolute Gasteiger partial charge is 0.316 e. The lowest BCUT2D eigenvalue weighted by Gasteiger charge is -2.09. The Bertz CT molecular complexity index is 1150. The zero-order valence-electron chi connectivity index (χ0n) is 17.2. The molecule has 1 N–H and O–H groups in total. The number of hydrogen-bond donors (Lipinski definition) is 1. The van der Waals surface area contributed by atoms with Crippen LogP contribution in [0.1, 0.15) is 15.9 Å². The minimum absolute atomic E-state index is 0.105. The first-order valence-electron chi connectivity index (χ1n) is 9.31. The summed E-state index contributed by atoms with van der Waals surface area (Å²) in [6, 6.07) is 11.9. The van der Waals surface area contributed by atoms with Crippen LogP contribution in [-0.4, -0.2) is 52.0 Å². The molecule has 0 aliphatic heterocycles. The fourth-order valence-corrected chi connectivity index (χ4v) is 3.51. The van der Waals surface area contributed by atoms with E-state index in [0.717, 1.165) is 23.0 Å². The maximum absolute atomic E-state index is 12.2.